The highest BCUT2D eigenvalue weighted by Gasteiger charge is 2.60. The Balaban J connectivity index is 2.04. The third-order valence-electron chi connectivity index (χ3n) is 4.78. The Labute approximate surface area is 149 Å². The summed E-state index contributed by atoms with van der Waals surface area (Å²) < 4.78 is 23.8. The van der Waals surface area contributed by atoms with E-state index in [1.807, 2.05) is 6.92 Å². The fourth-order valence-corrected chi connectivity index (χ4v) is 4.32. The van der Waals surface area contributed by atoms with Crippen LogP contribution in [-0.2, 0) is 30.3 Å². The number of hydrogen-bond donors (Lipinski definition) is 2. The normalized spacial score (nSPS) is 34.0. The minimum Gasteiger partial charge on any atom is -0.371 e. The second kappa shape index (κ2) is 6.70. The van der Waals surface area contributed by atoms with Gasteiger partial charge in [0.25, 0.3) is 5.56 Å². The largest absolute Gasteiger partial charge is 0.371 e. The Morgan fingerprint density at radius 2 is 2.28 bits per heavy atom. The van der Waals surface area contributed by atoms with Crippen molar-refractivity contribution < 1.29 is 23.4 Å². The van der Waals surface area contributed by atoms with E-state index in [9.17, 15) is 14.5 Å². The number of aromatic amines is 1. The van der Waals surface area contributed by atoms with Crippen LogP contribution in [0.5, 0.6) is 0 Å². The van der Waals surface area contributed by atoms with Gasteiger partial charge in [-0.05, 0) is 25.2 Å². The summed E-state index contributed by atoms with van der Waals surface area (Å²) in [4.78, 5) is 36.2. The van der Waals surface area contributed by atoms with Crippen molar-refractivity contribution in [1.82, 2.24) is 9.55 Å². The molecule has 0 spiro atoms. The number of aryl methyl sites for hydroxylation is 1. The van der Waals surface area contributed by atoms with Crippen molar-refractivity contribution in [2.75, 3.05) is 13.7 Å². The van der Waals surface area contributed by atoms with Gasteiger partial charge in [0.15, 0.2) is 6.23 Å². The first-order valence-corrected chi connectivity index (χ1v) is 10.5. The maximum absolute atomic E-state index is 12.3. The predicted molar refractivity (Wildman–Crippen MR) is 91.9 cm³/mol. The number of nitrogens with zero attached hydrogens (tertiary/aromatic N) is 1. The van der Waals surface area contributed by atoms with Crippen LogP contribution in [0.2, 0.25) is 0 Å². The van der Waals surface area contributed by atoms with E-state index in [1.165, 1.54) is 17.9 Å². The van der Waals surface area contributed by atoms with E-state index in [0.29, 0.717) is 25.0 Å². The highest BCUT2D eigenvalue weighted by Crippen LogP contribution is 2.54. The minimum absolute atomic E-state index is 0.372. The van der Waals surface area contributed by atoms with Gasteiger partial charge in [0, 0.05) is 25.3 Å². The van der Waals surface area contributed by atoms with E-state index >= 15 is 0 Å². The van der Waals surface area contributed by atoms with E-state index in [4.69, 9.17) is 30.3 Å². The maximum atomic E-state index is 12.3. The van der Waals surface area contributed by atoms with Crippen LogP contribution in [0.15, 0.2) is 15.8 Å². The van der Waals surface area contributed by atoms with Gasteiger partial charge in [-0.15, -0.1) is 0 Å². The lowest BCUT2D eigenvalue weighted by molar-refractivity contribution is -0.117. The molecule has 1 aromatic heterocycles. The standard InChI is InChI=1S/C14H21N2O7PS/c1-4-14-5-6-21-9(10(14)23-24(19,25)20-3)12(22-14)16-7-8(2)11(17)15-13(16)18/h7,9-10,12H,4-6H2,1-3H3,(H,19,25)(H,15,17,18)/t9?,10?,12-,14+,24?/m1/s1. The van der Waals surface area contributed by atoms with Crippen LogP contribution in [0.25, 0.3) is 0 Å². The van der Waals surface area contributed by atoms with Gasteiger partial charge < -0.3 is 18.9 Å². The highest BCUT2D eigenvalue weighted by atomic mass is 32.5. The van der Waals surface area contributed by atoms with E-state index in [-0.39, 0.29) is 0 Å². The molecule has 0 aromatic carbocycles. The molecule has 1 aromatic rings. The van der Waals surface area contributed by atoms with Gasteiger partial charge in [-0.2, -0.15) is 0 Å². The number of ether oxygens (including phenoxy) is 2. The topological polar surface area (TPSA) is 112 Å². The molecule has 0 radical (unpaired) electrons. The van der Waals surface area contributed by atoms with Crippen molar-refractivity contribution in [2.24, 2.45) is 0 Å². The van der Waals surface area contributed by atoms with Crippen LogP contribution in [0.1, 0.15) is 31.6 Å². The van der Waals surface area contributed by atoms with Crippen LogP contribution < -0.4 is 11.2 Å². The molecule has 3 heterocycles. The Morgan fingerprint density at radius 1 is 1.56 bits per heavy atom. The monoisotopic (exact) mass is 392 g/mol. The first-order valence-electron chi connectivity index (χ1n) is 7.91. The van der Waals surface area contributed by atoms with Crippen LogP contribution in [0.3, 0.4) is 0 Å². The van der Waals surface area contributed by atoms with Crippen LogP contribution in [0, 0.1) is 6.92 Å². The smallest absolute Gasteiger partial charge is 0.330 e. The Kier molecular flexibility index (Phi) is 5.06. The average molecular weight is 392 g/mol. The third kappa shape index (κ3) is 3.28. The zero-order valence-electron chi connectivity index (χ0n) is 14.1. The number of fused-ring (bicyclic) bond motifs is 2. The van der Waals surface area contributed by atoms with E-state index in [0.717, 1.165) is 0 Å². The van der Waals surface area contributed by atoms with Crippen molar-refractivity contribution in [3.05, 3.63) is 32.6 Å². The molecule has 2 aliphatic heterocycles. The van der Waals surface area contributed by atoms with Gasteiger partial charge in [-0.3, -0.25) is 18.9 Å². The van der Waals surface area contributed by atoms with Gasteiger partial charge in [0.05, 0.1) is 6.61 Å². The summed E-state index contributed by atoms with van der Waals surface area (Å²) in [6.07, 6.45) is 0.373. The summed E-state index contributed by atoms with van der Waals surface area (Å²) in [6, 6.07) is 0. The van der Waals surface area contributed by atoms with Crippen LogP contribution >= 0.6 is 6.72 Å². The summed E-state index contributed by atoms with van der Waals surface area (Å²) in [5, 5.41) is 0. The van der Waals surface area contributed by atoms with Gasteiger partial charge in [-0.25, -0.2) is 4.79 Å². The SMILES string of the molecule is CC[C@]12CCOC(C1OP(O)(=S)OC)[C@H](n1cc(C)c(=O)[nH]c1=O)O2. The maximum Gasteiger partial charge on any atom is 0.330 e. The number of hydrogen-bond acceptors (Lipinski definition) is 7. The third-order valence-corrected chi connectivity index (χ3v) is 6.45. The molecule has 25 heavy (non-hydrogen) atoms. The zero-order chi connectivity index (χ0) is 18.4. The molecule has 2 N–H and O–H groups in total. The Morgan fingerprint density at radius 3 is 2.92 bits per heavy atom. The molecule has 2 aliphatic rings. The number of nitrogens with one attached hydrogen (secondary N) is 1. The Hall–Kier alpha value is -0.870. The molecule has 2 saturated heterocycles. The number of H-pyrrole nitrogens is 1. The van der Waals surface area contributed by atoms with E-state index < -0.39 is 42.0 Å². The molecule has 2 fully saturated rings. The highest BCUT2D eigenvalue weighted by molar-refractivity contribution is 8.07. The fraction of sp³-hybridized carbons (Fsp3) is 0.714. The first-order chi connectivity index (χ1) is 11.7. The quantitative estimate of drug-likeness (QED) is 0.699. The number of rotatable bonds is 5. The van der Waals surface area contributed by atoms with Gasteiger partial charge in [-0.1, -0.05) is 6.92 Å². The van der Waals surface area contributed by atoms with Crippen molar-refractivity contribution in [1.29, 1.82) is 0 Å². The van der Waals surface area contributed by atoms with E-state index in [2.05, 4.69) is 4.98 Å². The van der Waals surface area contributed by atoms with Crippen LogP contribution in [0.4, 0.5) is 0 Å². The number of aromatic nitrogens is 2. The molecular formula is C14H21N2O7PS. The molecule has 9 nitrogen and oxygen atoms in total. The van der Waals surface area contributed by atoms with Gasteiger partial charge >= 0.3 is 12.4 Å². The summed E-state index contributed by atoms with van der Waals surface area (Å²) in [6.45, 7) is 0.495. The molecular weight excluding hydrogens is 371 g/mol. The molecule has 11 heteroatoms. The second-order valence-corrected chi connectivity index (χ2v) is 9.07. The minimum atomic E-state index is -3.45. The lowest BCUT2D eigenvalue weighted by Gasteiger charge is -2.38. The molecule has 140 valence electrons. The molecule has 3 unspecified atom stereocenters. The average Bonchev–Trinajstić information content (AvgIpc) is 2.73. The first kappa shape index (κ1) is 18.9. The molecule has 3 rings (SSSR count). The Bertz CT molecular complexity index is 824. The summed E-state index contributed by atoms with van der Waals surface area (Å²) in [7, 11) is 1.28. The lowest BCUT2D eigenvalue weighted by Crippen LogP contribution is -2.49. The zero-order valence-corrected chi connectivity index (χ0v) is 15.8. The van der Waals surface area contributed by atoms with Crippen LogP contribution in [-0.4, -0.2) is 46.0 Å². The van der Waals surface area contributed by atoms with E-state index in [1.54, 1.807) is 6.92 Å². The lowest BCUT2D eigenvalue weighted by atomic mass is 9.87. The molecule has 5 atom stereocenters. The molecule has 0 aliphatic carbocycles. The molecule has 0 saturated carbocycles. The fourth-order valence-electron chi connectivity index (χ4n) is 3.36. The van der Waals surface area contributed by atoms with Gasteiger partial charge in [0.1, 0.15) is 17.8 Å². The predicted octanol–water partition coefficient (Wildman–Crippen LogP) is 0.560. The van der Waals surface area contributed by atoms with Crippen molar-refractivity contribution in [2.45, 2.75) is 50.7 Å². The molecule has 2 bridgehead atoms. The van der Waals surface area contributed by atoms with Gasteiger partial charge in [0.2, 0.25) is 0 Å². The second-order valence-electron chi connectivity index (χ2n) is 6.17. The van der Waals surface area contributed by atoms with Crippen molar-refractivity contribution in [3.63, 3.8) is 0 Å². The summed E-state index contributed by atoms with van der Waals surface area (Å²) in [5.74, 6) is 0. The summed E-state index contributed by atoms with van der Waals surface area (Å²) in [5.41, 5.74) is -1.44. The summed E-state index contributed by atoms with van der Waals surface area (Å²) >= 11 is 4.97. The molecule has 0 amide bonds. The van der Waals surface area contributed by atoms with Crippen molar-refractivity contribution in [3.8, 4) is 0 Å². The van der Waals surface area contributed by atoms with Crippen molar-refractivity contribution >= 4 is 18.5 Å².